The van der Waals surface area contributed by atoms with Crippen LogP contribution in [0.2, 0.25) is 0 Å². The van der Waals surface area contributed by atoms with Crippen LogP contribution in [-0.2, 0) is 0 Å². The number of hydrogen-bond acceptors (Lipinski definition) is 1. The highest BCUT2D eigenvalue weighted by atomic mass is 14.8. The molecule has 0 heterocycles. The van der Waals surface area contributed by atoms with Gasteiger partial charge >= 0.3 is 0 Å². The molecule has 0 unspecified atom stereocenters. The second-order valence-corrected chi connectivity index (χ2v) is 2.45. The van der Waals surface area contributed by atoms with Crippen molar-refractivity contribution in [1.29, 1.82) is 5.41 Å². The summed E-state index contributed by atoms with van der Waals surface area (Å²) in [7, 11) is 0. The summed E-state index contributed by atoms with van der Waals surface area (Å²) < 4.78 is 0. The van der Waals surface area contributed by atoms with E-state index < -0.39 is 0 Å². The summed E-state index contributed by atoms with van der Waals surface area (Å²) in [5.74, 6) is 0. The summed E-state index contributed by atoms with van der Waals surface area (Å²) in [5.41, 5.74) is 1.07. The van der Waals surface area contributed by atoms with Crippen LogP contribution in [0.5, 0.6) is 0 Å². The van der Waals surface area contributed by atoms with Crippen LogP contribution in [0.15, 0.2) is 4.99 Å². The lowest BCUT2D eigenvalue weighted by Gasteiger charge is -1.95. The van der Waals surface area contributed by atoms with Crippen LogP contribution in [0.25, 0.3) is 0 Å². The SMILES string of the molecule is CCCCCC(C)=NC=N. The molecule has 0 saturated carbocycles. The molecule has 0 saturated heterocycles. The molecule has 0 aromatic heterocycles. The van der Waals surface area contributed by atoms with Crippen LogP contribution in [0.1, 0.15) is 39.5 Å². The summed E-state index contributed by atoms with van der Waals surface area (Å²) in [6, 6.07) is 0. The van der Waals surface area contributed by atoms with Crippen molar-refractivity contribution < 1.29 is 0 Å². The smallest absolute Gasteiger partial charge is 0.106 e. The Kier molecular flexibility index (Phi) is 6.03. The van der Waals surface area contributed by atoms with E-state index in [4.69, 9.17) is 5.41 Å². The van der Waals surface area contributed by atoms with Crippen LogP contribution in [0, 0.1) is 5.41 Å². The van der Waals surface area contributed by atoms with Crippen LogP contribution in [0.4, 0.5) is 0 Å². The first-order valence-corrected chi connectivity index (χ1v) is 3.83. The summed E-state index contributed by atoms with van der Waals surface area (Å²) in [6.45, 7) is 4.16. The summed E-state index contributed by atoms with van der Waals surface area (Å²) in [4.78, 5) is 3.85. The monoisotopic (exact) mass is 140 g/mol. The fourth-order valence-corrected chi connectivity index (χ4v) is 0.806. The normalized spacial score (nSPS) is 11.6. The minimum absolute atomic E-state index is 1.04. The minimum Gasteiger partial charge on any atom is -0.290 e. The predicted molar refractivity (Wildman–Crippen MR) is 46.0 cm³/mol. The maximum atomic E-state index is 6.70. The summed E-state index contributed by atoms with van der Waals surface area (Å²) in [5, 5.41) is 6.70. The molecular weight excluding hydrogens is 124 g/mol. The van der Waals surface area contributed by atoms with Gasteiger partial charge in [0.2, 0.25) is 0 Å². The Bertz CT molecular complexity index is 116. The Morgan fingerprint density at radius 3 is 2.70 bits per heavy atom. The van der Waals surface area contributed by atoms with Crippen molar-refractivity contribution in [2.75, 3.05) is 0 Å². The average molecular weight is 140 g/mol. The Morgan fingerprint density at radius 2 is 2.20 bits per heavy atom. The summed E-state index contributed by atoms with van der Waals surface area (Å²) >= 11 is 0. The van der Waals surface area contributed by atoms with E-state index in [0.717, 1.165) is 18.5 Å². The van der Waals surface area contributed by atoms with Gasteiger partial charge < -0.3 is 0 Å². The fraction of sp³-hybridized carbons (Fsp3) is 0.750. The number of unbranched alkanes of at least 4 members (excludes halogenated alkanes) is 2. The second kappa shape index (κ2) is 6.46. The van der Waals surface area contributed by atoms with Gasteiger partial charge in [-0.15, -0.1) is 0 Å². The lowest BCUT2D eigenvalue weighted by Crippen LogP contribution is -1.90. The largest absolute Gasteiger partial charge is 0.290 e. The maximum Gasteiger partial charge on any atom is 0.106 e. The van der Waals surface area contributed by atoms with Crippen molar-refractivity contribution in [1.82, 2.24) is 0 Å². The highest BCUT2D eigenvalue weighted by molar-refractivity contribution is 5.87. The molecule has 0 aliphatic heterocycles. The third-order valence-electron chi connectivity index (χ3n) is 1.43. The van der Waals surface area contributed by atoms with Crippen molar-refractivity contribution >= 4 is 12.1 Å². The first kappa shape index (κ1) is 9.34. The van der Waals surface area contributed by atoms with Gasteiger partial charge in [-0.1, -0.05) is 19.8 Å². The number of aliphatic imine (C=N–C) groups is 1. The van der Waals surface area contributed by atoms with Gasteiger partial charge in [0.05, 0.1) is 0 Å². The molecule has 0 amide bonds. The molecule has 0 bridgehead atoms. The zero-order valence-corrected chi connectivity index (χ0v) is 6.85. The summed E-state index contributed by atoms with van der Waals surface area (Å²) in [6.07, 6.45) is 5.88. The van der Waals surface area contributed by atoms with Crippen LogP contribution < -0.4 is 0 Å². The molecule has 0 aromatic carbocycles. The number of nitrogens with one attached hydrogen (secondary N) is 1. The zero-order valence-electron chi connectivity index (χ0n) is 6.85. The first-order valence-electron chi connectivity index (χ1n) is 3.83. The topological polar surface area (TPSA) is 36.2 Å². The van der Waals surface area contributed by atoms with Crippen molar-refractivity contribution in [2.45, 2.75) is 39.5 Å². The standard InChI is InChI=1S/C8H16N2/c1-3-4-5-6-8(2)10-7-9/h7,9H,3-6H2,1-2H3. The van der Waals surface area contributed by atoms with E-state index in [1.807, 2.05) is 6.92 Å². The minimum atomic E-state index is 1.04. The number of nitrogens with zero attached hydrogens (tertiary/aromatic N) is 1. The molecule has 2 heteroatoms. The Labute approximate surface area is 62.9 Å². The van der Waals surface area contributed by atoms with Crippen molar-refractivity contribution in [3.05, 3.63) is 0 Å². The van der Waals surface area contributed by atoms with Gasteiger partial charge in [-0.25, -0.2) is 4.99 Å². The molecule has 0 aliphatic rings. The van der Waals surface area contributed by atoms with E-state index in [2.05, 4.69) is 11.9 Å². The van der Waals surface area contributed by atoms with E-state index in [9.17, 15) is 0 Å². The molecule has 0 atom stereocenters. The Hall–Kier alpha value is -0.660. The molecule has 2 nitrogen and oxygen atoms in total. The lowest BCUT2D eigenvalue weighted by molar-refractivity contribution is 0.741. The van der Waals surface area contributed by atoms with Crippen molar-refractivity contribution in [3.8, 4) is 0 Å². The van der Waals surface area contributed by atoms with Gasteiger partial charge in [0.15, 0.2) is 0 Å². The molecule has 0 aliphatic carbocycles. The van der Waals surface area contributed by atoms with E-state index in [-0.39, 0.29) is 0 Å². The molecule has 0 rings (SSSR count). The molecule has 0 aromatic rings. The van der Waals surface area contributed by atoms with Gasteiger partial charge in [0.25, 0.3) is 0 Å². The van der Waals surface area contributed by atoms with E-state index in [0.29, 0.717) is 0 Å². The van der Waals surface area contributed by atoms with Gasteiger partial charge in [0, 0.05) is 5.71 Å². The molecule has 58 valence electrons. The number of rotatable bonds is 5. The quantitative estimate of drug-likeness (QED) is 0.346. The van der Waals surface area contributed by atoms with Crippen LogP contribution in [-0.4, -0.2) is 12.1 Å². The van der Waals surface area contributed by atoms with E-state index >= 15 is 0 Å². The second-order valence-electron chi connectivity index (χ2n) is 2.45. The number of hydrogen-bond donors (Lipinski definition) is 1. The third-order valence-corrected chi connectivity index (χ3v) is 1.43. The fourth-order valence-electron chi connectivity index (χ4n) is 0.806. The highest BCUT2D eigenvalue weighted by Gasteiger charge is 1.89. The molecule has 0 radical (unpaired) electrons. The van der Waals surface area contributed by atoms with Gasteiger partial charge in [-0.3, -0.25) is 5.41 Å². The average Bonchev–Trinajstić information content (AvgIpc) is 1.89. The van der Waals surface area contributed by atoms with E-state index in [1.54, 1.807) is 0 Å². The predicted octanol–water partition coefficient (Wildman–Crippen LogP) is 2.63. The van der Waals surface area contributed by atoms with Gasteiger partial charge in [-0.05, 0) is 19.8 Å². The van der Waals surface area contributed by atoms with Crippen molar-refractivity contribution in [2.24, 2.45) is 4.99 Å². The first-order chi connectivity index (χ1) is 4.81. The maximum absolute atomic E-state index is 6.70. The molecular formula is C8H16N2. The van der Waals surface area contributed by atoms with Crippen molar-refractivity contribution in [3.63, 3.8) is 0 Å². The van der Waals surface area contributed by atoms with Gasteiger partial charge in [0.1, 0.15) is 6.34 Å². The zero-order chi connectivity index (χ0) is 7.82. The lowest BCUT2D eigenvalue weighted by atomic mass is 10.1. The Balaban J connectivity index is 3.29. The van der Waals surface area contributed by atoms with Crippen LogP contribution in [0.3, 0.4) is 0 Å². The third kappa shape index (κ3) is 5.48. The van der Waals surface area contributed by atoms with Crippen LogP contribution >= 0.6 is 0 Å². The molecule has 1 N–H and O–H groups in total. The van der Waals surface area contributed by atoms with E-state index in [1.165, 1.54) is 19.3 Å². The van der Waals surface area contributed by atoms with Gasteiger partial charge in [-0.2, -0.15) is 0 Å². The molecule has 0 fully saturated rings. The Morgan fingerprint density at radius 1 is 1.50 bits per heavy atom. The molecule has 0 spiro atoms. The molecule has 10 heavy (non-hydrogen) atoms. The highest BCUT2D eigenvalue weighted by Crippen LogP contribution is 1.99.